The van der Waals surface area contributed by atoms with Crippen molar-refractivity contribution >= 4 is 56.3 Å². The minimum Gasteiger partial charge on any atom is -0.367 e. The van der Waals surface area contributed by atoms with Crippen LogP contribution in [0.15, 0.2) is 47.7 Å². The van der Waals surface area contributed by atoms with Gasteiger partial charge >= 0.3 is 0 Å². The van der Waals surface area contributed by atoms with Gasteiger partial charge in [0.2, 0.25) is 22.1 Å². The fourth-order valence-corrected chi connectivity index (χ4v) is 8.10. The Balaban J connectivity index is 0.973. The summed E-state index contributed by atoms with van der Waals surface area (Å²) in [4.78, 5) is 34.3. The van der Waals surface area contributed by atoms with Crippen LogP contribution in [0.5, 0.6) is 0 Å². The van der Waals surface area contributed by atoms with Crippen LogP contribution in [0.3, 0.4) is 0 Å². The highest BCUT2D eigenvalue weighted by atomic mass is 32.1. The third-order valence-electron chi connectivity index (χ3n) is 8.89. The van der Waals surface area contributed by atoms with Crippen molar-refractivity contribution in [3.05, 3.63) is 58.5 Å². The second-order valence-corrected chi connectivity index (χ2v) is 15.1. The average Bonchev–Trinajstić information content (AvgIpc) is 3.72. The maximum absolute atomic E-state index is 13.2. The minimum atomic E-state index is -2.65. The Labute approximate surface area is 299 Å². The lowest BCUT2D eigenvalue weighted by Crippen LogP contribution is -2.47. The number of nitrogens with zero attached hydrogens (tertiary/aromatic N) is 6. The minimum absolute atomic E-state index is 0.00736. The zero-order valence-corrected chi connectivity index (χ0v) is 29.4. The molecule has 0 aliphatic heterocycles. The number of allylic oxidation sites excluding steroid dienone is 2. The van der Waals surface area contributed by atoms with Gasteiger partial charge in [-0.3, -0.25) is 9.59 Å². The number of carbonyl (C=O) groups is 2. The van der Waals surface area contributed by atoms with Crippen LogP contribution in [0.2, 0.25) is 0 Å². The van der Waals surface area contributed by atoms with E-state index in [1.807, 2.05) is 0 Å². The molecule has 0 radical (unpaired) electrons. The first kappa shape index (κ1) is 36.5. The molecule has 0 aromatic carbocycles. The number of carbonyl (C=O) groups excluding carboxylic acids is 2. The van der Waals surface area contributed by atoms with Crippen LogP contribution < -0.4 is 21.3 Å². The summed E-state index contributed by atoms with van der Waals surface area (Å²) in [6.07, 6.45) is 5.58. The van der Waals surface area contributed by atoms with Gasteiger partial charge in [-0.1, -0.05) is 41.7 Å². The Morgan fingerprint density at radius 3 is 2.12 bits per heavy atom. The first-order valence-corrected chi connectivity index (χ1v) is 18.4. The number of amides is 2. The predicted molar refractivity (Wildman–Crippen MR) is 188 cm³/mol. The standard InChI is InChI=1S/C33H38F4N10O2S2/c1-3-20(38-24(4-2)40-22-14-32(34,35)15-22)12-26(48)42-30-46-44-28(50-30)18-7-5-8-19(11-18)29-45-47-31(51-29)43-27(49)13-21-9-6-10-25(39-21)41-23-16-33(36,37)17-23/h3-4,6,9-10,18-19,22-23,40H,1,5,7-8,11-17H2,2H3,(H,39,41)(H,42,46,48)(H,43,47,49)/b24-4+,38-20?/t18-,19-/m0/s1. The molecule has 0 unspecified atom stereocenters. The van der Waals surface area contributed by atoms with Crippen molar-refractivity contribution in [1.29, 1.82) is 0 Å². The molecule has 2 amide bonds. The number of aliphatic imine (C=N–C) groups is 1. The lowest BCUT2D eigenvalue weighted by Gasteiger charge is -2.35. The normalized spacial score (nSPS) is 22.0. The van der Waals surface area contributed by atoms with Crippen LogP contribution in [-0.4, -0.2) is 66.8 Å². The number of nitrogens with one attached hydrogen (secondary N) is 4. The summed E-state index contributed by atoms with van der Waals surface area (Å²) in [7, 11) is 0. The highest BCUT2D eigenvalue weighted by Gasteiger charge is 2.46. The van der Waals surface area contributed by atoms with Crippen LogP contribution in [0.25, 0.3) is 0 Å². The summed E-state index contributed by atoms with van der Waals surface area (Å²) in [5.41, 5.74) is 0.882. The number of anilines is 3. The van der Waals surface area contributed by atoms with E-state index in [4.69, 9.17) is 0 Å². The van der Waals surface area contributed by atoms with E-state index >= 15 is 0 Å². The SMILES string of the molecule is C=CC(CC(=O)Nc1nnc([C@H]2CCC[C@H](c3nnc(NC(=O)Cc4cccc(NC5CC(F)(F)C5)n4)s3)C2)s1)=N/C(=C\C)NC1CC(F)(F)C1. The van der Waals surface area contributed by atoms with Crippen molar-refractivity contribution in [3.63, 3.8) is 0 Å². The van der Waals surface area contributed by atoms with Crippen molar-refractivity contribution in [1.82, 2.24) is 30.7 Å². The van der Waals surface area contributed by atoms with E-state index in [9.17, 15) is 27.2 Å². The van der Waals surface area contributed by atoms with E-state index < -0.39 is 11.8 Å². The number of aromatic nitrogens is 5. The quantitative estimate of drug-likeness (QED) is 0.103. The Kier molecular flexibility index (Phi) is 11.1. The number of rotatable bonds is 14. The largest absolute Gasteiger partial charge is 0.367 e. The van der Waals surface area contributed by atoms with Gasteiger partial charge in [0.25, 0.3) is 11.8 Å². The third kappa shape index (κ3) is 9.93. The number of alkyl halides is 4. The Hall–Kier alpha value is -4.32. The number of hydrogen-bond donors (Lipinski definition) is 4. The number of pyridine rings is 1. The fraction of sp³-hybridized carbons (Fsp3) is 0.515. The number of hydrogen-bond acceptors (Lipinski definition) is 12. The molecule has 3 heterocycles. The monoisotopic (exact) mass is 746 g/mol. The van der Waals surface area contributed by atoms with Gasteiger partial charge in [-0.15, -0.1) is 20.4 Å². The molecule has 3 aliphatic carbocycles. The molecule has 51 heavy (non-hydrogen) atoms. The van der Waals surface area contributed by atoms with E-state index in [-0.39, 0.29) is 74.3 Å². The van der Waals surface area contributed by atoms with Gasteiger partial charge in [0.05, 0.1) is 24.2 Å². The van der Waals surface area contributed by atoms with Crippen molar-refractivity contribution in [3.8, 4) is 0 Å². The van der Waals surface area contributed by atoms with Gasteiger partial charge in [0.15, 0.2) is 0 Å². The highest BCUT2D eigenvalue weighted by molar-refractivity contribution is 7.15. The lowest BCUT2D eigenvalue weighted by molar-refractivity contribution is -0.116. The summed E-state index contributed by atoms with van der Waals surface area (Å²) >= 11 is 2.64. The summed E-state index contributed by atoms with van der Waals surface area (Å²) < 4.78 is 52.8. The van der Waals surface area contributed by atoms with Crippen molar-refractivity contribution in [2.75, 3.05) is 16.0 Å². The van der Waals surface area contributed by atoms with Crippen molar-refractivity contribution in [2.45, 2.75) is 107 Å². The van der Waals surface area contributed by atoms with E-state index in [0.717, 1.165) is 35.7 Å². The van der Waals surface area contributed by atoms with E-state index in [1.54, 1.807) is 31.2 Å². The molecule has 3 saturated carbocycles. The zero-order chi connectivity index (χ0) is 36.2. The van der Waals surface area contributed by atoms with Gasteiger partial charge in [-0.05, 0) is 50.5 Å². The molecule has 2 atom stereocenters. The first-order chi connectivity index (χ1) is 24.3. The van der Waals surface area contributed by atoms with Crippen molar-refractivity contribution < 1.29 is 27.2 Å². The van der Waals surface area contributed by atoms with Crippen LogP contribution in [0.1, 0.15) is 92.3 Å². The molecule has 3 aromatic rings. The molecule has 12 nitrogen and oxygen atoms in total. The molecule has 4 N–H and O–H groups in total. The molecule has 0 saturated heterocycles. The summed E-state index contributed by atoms with van der Waals surface area (Å²) in [5, 5.41) is 31.0. The maximum atomic E-state index is 13.2. The summed E-state index contributed by atoms with van der Waals surface area (Å²) in [6, 6.07) is 4.41. The smallest absolute Gasteiger partial charge is 0.252 e. The lowest BCUT2D eigenvalue weighted by atomic mass is 9.82. The zero-order valence-electron chi connectivity index (χ0n) is 27.8. The van der Waals surface area contributed by atoms with Crippen LogP contribution in [0, 0.1) is 0 Å². The van der Waals surface area contributed by atoms with Gasteiger partial charge < -0.3 is 21.3 Å². The Bertz CT molecular complexity index is 1800. The molecular formula is C33H38F4N10O2S2. The molecule has 0 spiro atoms. The molecule has 18 heteroatoms. The molecule has 6 rings (SSSR count). The second-order valence-electron chi connectivity index (χ2n) is 13.1. The van der Waals surface area contributed by atoms with Gasteiger partial charge in [-0.2, -0.15) is 0 Å². The van der Waals surface area contributed by atoms with Gasteiger partial charge in [0, 0.05) is 49.6 Å². The van der Waals surface area contributed by atoms with Crippen LogP contribution in [-0.2, 0) is 16.0 Å². The fourth-order valence-electron chi connectivity index (χ4n) is 6.29. The topological polar surface area (TPSA) is 159 Å². The van der Waals surface area contributed by atoms with E-state index in [0.29, 0.717) is 33.3 Å². The number of halogens is 4. The summed E-state index contributed by atoms with van der Waals surface area (Å²) in [5.74, 6) is -4.87. The maximum Gasteiger partial charge on any atom is 0.252 e. The molecule has 3 aliphatic rings. The molecular weight excluding hydrogens is 709 g/mol. The van der Waals surface area contributed by atoms with E-state index in [1.165, 1.54) is 28.7 Å². The highest BCUT2D eigenvalue weighted by Crippen LogP contribution is 2.44. The average molecular weight is 747 g/mol. The van der Waals surface area contributed by atoms with Crippen molar-refractivity contribution in [2.24, 2.45) is 4.99 Å². The third-order valence-corrected chi connectivity index (χ3v) is 10.9. The predicted octanol–water partition coefficient (Wildman–Crippen LogP) is 6.82. The second kappa shape index (κ2) is 15.5. The Morgan fingerprint density at radius 2 is 1.53 bits per heavy atom. The van der Waals surface area contributed by atoms with Gasteiger partial charge in [-0.25, -0.2) is 27.5 Å². The Morgan fingerprint density at radius 1 is 0.922 bits per heavy atom. The van der Waals surface area contributed by atoms with Crippen LogP contribution >= 0.6 is 22.7 Å². The van der Waals surface area contributed by atoms with E-state index in [2.05, 4.69) is 58.2 Å². The molecule has 0 bridgehead atoms. The molecule has 272 valence electrons. The molecule has 3 aromatic heterocycles. The summed E-state index contributed by atoms with van der Waals surface area (Å²) in [6.45, 7) is 5.46. The first-order valence-electron chi connectivity index (χ1n) is 16.7. The molecule has 3 fully saturated rings. The van der Waals surface area contributed by atoms with Crippen LogP contribution in [0.4, 0.5) is 33.6 Å². The van der Waals surface area contributed by atoms with Gasteiger partial charge in [0.1, 0.15) is 21.7 Å².